The minimum atomic E-state index is -0.989. The van der Waals surface area contributed by atoms with Crippen LogP contribution in [-0.2, 0) is 0 Å². The van der Waals surface area contributed by atoms with Gasteiger partial charge in [0, 0.05) is 42.1 Å². The van der Waals surface area contributed by atoms with Crippen LogP contribution in [0.4, 0.5) is 11.5 Å². The molecule has 1 aliphatic heterocycles. The standard InChI is InChI=1S/C28H26N6O2/c1-17-13-21(18(2)31-23-9-4-3-7-20(23)28(35)36)26-24(14-17)32-25(15-29)27(33-26)34-12-10-19(16-34)22-8-5-6-11-30-22/h3-9,11,13-14,18-19,31H,10,12,16H2,1-2H3,(H,35,36)/t18-,19?/m1/s1. The van der Waals surface area contributed by atoms with E-state index in [1.165, 1.54) is 0 Å². The van der Waals surface area contributed by atoms with Crippen molar-refractivity contribution in [3.8, 4) is 6.07 Å². The molecule has 5 rings (SSSR count). The molecule has 36 heavy (non-hydrogen) atoms. The zero-order chi connectivity index (χ0) is 25.2. The average molecular weight is 479 g/mol. The van der Waals surface area contributed by atoms with E-state index in [9.17, 15) is 15.2 Å². The molecule has 8 nitrogen and oxygen atoms in total. The van der Waals surface area contributed by atoms with Gasteiger partial charge in [0.05, 0.1) is 22.6 Å². The van der Waals surface area contributed by atoms with E-state index in [1.54, 1.807) is 30.5 Å². The lowest BCUT2D eigenvalue weighted by molar-refractivity contribution is 0.0698. The van der Waals surface area contributed by atoms with E-state index in [-0.39, 0.29) is 17.5 Å². The molecule has 4 aromatic rings. The highest BCUT2D eigenvalue weighted by atomic mass is 16.4. The number of carboxylic acids is 1. The summed E-state index contributed by atoms with van der Waals surface area (Å²) in [6.45, 7) is 5.42. The number of fused-ring (bicyclic) bond motifs is 1. The summed E-state index contributed by atoms with van der Waals surface area (Å²) in [7, 11) is 0. The van der Waals surface area contributed by atoms with Crippen molar-refractivity contribution >= 4 is 28.5 Å². The number of carbonyl (C=O) groups is 1. The van der Waals surface area contributed by atoms with Crippen molar-refractivity contribution in [1.29, 1.82) is 5.26 Å². The lowest BCUT2D eigenvalue weighted by Gasteiger charge is -2.22. The second kappa shape index (κ2) is 9.62. The second-order valence-corrected chi connectivity index (χ2v) is 9.13. The number of hydrogen-bond acceptors (Lipinski definition) is 7. The molecule has 1 unspecified atom stereocenters. The molecule has 2 atom stereocenters. The number of benzene rings is 2. The van der Waals surface area contributed by atoms with Crippen LogP contribution in [0.25, 0.3) is 11.0 Å². The number of para-hydroxylation sites is 1. The first-order chi connectivity index (χ1) is 17.4. The van der Waals surface area contributed by atoms with Gasteiger partial charge in [0.1, 0.15) is 6.07 Å². The summed E-state index contributed by atoms with van der Waals surface area (Å²) in [6, 6.07) is 18.7. The zero-order valence-corrected chi connectivity index (χ0v) is 20.1. The molecule has 0 spiro atoms. The van der Waals surface area contributed by atoms with E-state index in [4.69, 9.17) is 4.98 Å². The Morgan fingerprint density at radius 3 is 2.75 bits per heavy atom. The number of nitrogens with zero attached hydrogens (tertiary/aromatic N) is 5. The first kappa shape index (κ1) is 23.2. The van der Waals surface area contributed by atoms with Crippen molar-refractivity contribution in [3.63, 3.8) is 0 Å². The van der Waals surface area contributed by atoms with Crippen LogP contribution in [0.15, 0.2) is 60.8 Å². The Bertz CT molecular complexity index is 1480. The van der Waals surface area contributed by atoms with Crippen molar-refractivity contribution in [3.05, 3.63) is 88.9 Å². The highest BCUT2D eigenvalue weighted by Crippen LogP contribution is 2.33. The number of nitriles is 1. The summed E-state index contributed by atoms with van der Waals surface area (Å²) in [5.41, 5.74) is 5.30. The summed E-state index contributed by atoms with van der Waals surface area (Å²) in [6.07, 6.45) is 2.73. The van der Waals surface area contributed by atoms with Crippen molar-refractivity contribution in [1.82, 2.24) is 15.0 Å². The van der Waals surface area contributed by atoms with E-state index in [0.29, 0.717) is 34.8 Å². The Hall–Kier alpha value is -4.51. The van der Waals surface area contributed by atoms with Crippen LogP contribution in [-0.4, -0.2) is 39.1 Å². The Kier molecular flexibility index (Phi) is 6.21. The van der Waals surface area contributed by atoms with E-state index in [2.05, 4.69) is 26.3 Å². The maximum atomic E-state index is 11.7. The molecular weight excluding hydrogens is 452 g/mol. The zero-order valence-electron chi connectivity index (χ0n) is 20.1. The van der Waals surface area contributed by atoms with Crippen LogP contribution in [0.5, 0.6) is 0 Å². The van der Waals surface area contributed by atoms with Gasteiger partial charge in [-0.25, -0.2) is 14.8 Å². The first-order valence-corrected chi connectivity index (χ1v) is 11.9. The summed E-state index contributed by atoms with van der Waals surface area (Å²) < 4.78 is 0. The van der Waals surface area contributed by atoms with Gasteiger partial charge in [-0.15, -0.1) is 0 Å². The average Bonchev–Trinajstić information content (AvgIpc) is 3.38. The van der Waals surface area contributed by atoms with Gasteiger partial charge in [-0.1, -0.05) is 24.3 Å². The lowest BCUT2D eigenvalue weighted by atomic mass is 10.0. The number of aromatic nitrogens is 3. The monoisotopic (exact) mass is 478 g/mol. The van der Waals surface area contributed by atoms with Gasteiger partial charge in [0.15, 0.2) is 11.5 Å². The van der Waals surface area contributed by atoms with Gasteiger partial charge in [-0.05, 0) is 56.2 Å². The van der Waals surface area contributed by atoms with Crippen LogP contribution in [0, 0.1) is 18.3 Å². The molecule has 2 aromatic heterocycles. The smallest absolute Gasteiger partial charge is 0.337 e. The highest BCUT2D eigenvalue weighted by molar-refractivity contribution is 5.94. The van der Waals surface area contributed by atoms with Crippen LogP contribution in [0.2, 0.25) is 0 Å². The first-order valence-electron chi connectivity index (χ1n) is 11.9. The summed E-state index contributed by atoms with van der Waals surface area (Å²) in [4.78, 5) is 28.0. The lowest BCUT2D eigenvalue weighted by Crippen LogP contribution is -2.23. The molecule has 3 heterocycles. The Balaban J connectivity index is 1.53. The second-order valence-electron chi connectivity index (χ2n) is 9.13. The minimum Gasteiger partial charge on any atom is -0.478 e. The van der Waals surface area contributed by atoms with Crippen molar-refractivity contribution in [2.75, 3.05) is 23.3 Å². The van der Waals surface area contributed by atoms with Crippen LogP contribution < -0.4 is 10.2 Å². The Morgan fingerprint density at radius 1 is 1.19 bits per heavy atom. The van der Waals surface area contributed by atoms with Crippen molar-refractivity contribution in [2.45, 2.75) is 32.2 Å². The summed E-state index contributed by atoms with van der Waals surface area (Å²) in [5.74, 6) is -0.149. The predicted molar refractivity (Wildman–Crippen MR) is 138 cm³/mol. The maximum absolute atomic E-state index is 11.7. The highest BCUT2D eigenvalue weighted by Gasteiger charge is 2.28. The number of aromatic carboxylic acids is 1. The summed E-state index contributed by atoms with van der Waals surface area (Å²) >= 11 is 0. The van der Waals surface area contributed by atoms with Gasteiger partial charge in [-0.3, -0.25) is 4.98 Å². The van der Waals surface area contributed by atoms with E-state index >= 15 is 0 Å². The van der Waals surface area contributed by atoms with Gasteiger partial charge in [-0.2, -0.15) is 5.26 Å². The van der Waals surface area contributed by atoms with Crippen LogP contribution in [0.1, 0.15) is 58.2 Å². The predicted octanol–water partition coefficient (Wildman–Crippen LogP) is 5.07. The van der Waals surface area contributed by atoms with Crippen LogP contribution in [0.3, 0.4) is 0 Å². The van der Waals surface area contributed by atoms with Crippen molar-refractivity contribution in [2.24, 2.45) is 0 Å². The minimum absolute atomic E-state index is 0.206. The third-order valence-electron chi connectivity index (χ3n) is 6.62. The maximum Gasteiger partial charge on any atom is 0.337 e. The Morgan fingerprint density at radius 2 is 2.00 bits per heavy atom. The van der Waals surface area contributed by atoms with Gasteiger partial charge >= 0.3 is 5.97 Å². The fraction of sp³-hybridized carbons (Fsp3) is 0.250. The number of hydrogen-bond donors (Lipinski definition) is 2. The number of aryl methyl sites for hydroxylation is 1. The van der Waals surface area contributed by atoms with Gasteiger partial charge in [0.25, 0.3) is 0 Å². The van der Waals surface area contributed by atoms with Crippen LogP contribution >= 0.6 is 0 Å². The topological polar surface area (TPSA) is 115 Å². The molecule has 0 amide bonds. The quantitative estimate of drug-likeness (QED) is 0.395. The normalized spacial score (nSPS) is 16.0. The third kappa shape index (κ3) is 4.43. The molecule has 1 aliphatic rings. The molecule has 0 aliphatic carbocycles. The fourth-order valence-corrected chi connectivity index (χ4v) is 4.87. The number of pyridine rings is 1. The van der Waals surface area contributed by atoms with E-state index in [1.807, 2.05) is 44.2 Å². The number of nitrogens with one attached hydrogen (secondary N) is 1. The van der Waals surface area contributed by atoms with Crippen molar-refractivity contribution < 1.29 is 9.90 Å². The number of anilines is 2. The largest absolute Gasteiger partial charge is 0.478 e. The molecule has 0 saturated carbocycles. The van der Waals surface area contributed by atoms with Gasteiger partial charge < -0.3 is 15.3 Å². The molecule has 1 saturated heterocycles. The molecule has 2 N–H and O–H groups in total. The third-order valence-corrected chi connectivity index (χ3v) is 6.62. The van der Waals surface area contributed by atoms with E-state index in [0.717, 1.165) is 29.8 Å². The molecule has 8 heteroatoms. The molecule has 0 radical (unpaired) electrons. The van der Waals surface area contributed by atoms with E-state index < -0.39 is 5.97 Å². The number of rotatable bonds is 6. The fourth-order valence-electron chi connectivity index (χ4n) is 4.87. The molecular formula is C28H26N6O2. The SMILES string of the molecule is Cc1cc([C@@H](C)Nc2ccccc2C(=O)O)c2nc(N3CCC(c4ccccn4)C3)c(C#N)nc2c1. The molecule has 0 bridgehead atoms. The summed E-state index contributed by atoms with van der Waals surface area (Å²) in [5, 5.41) is 22.8. The Labute approximate surface area is 209 Å². The molecule has 180 valence electrons. The molecule has 1 fully saturated rings. The number of carboxylic acid groups (broad SMARTS) is 1. The van der Waals surface area contributed by atoms with Gasteiger partial charge in [0.2, 0.25) is 0 Å². The molecule has 2 aromatic carbocycles.